The summed E-state index contributed by atoms with van der Waals surface area (Å²) in [5.74, 6) is 0.298. The summed E-state index contributed by atoms with van der Waals surface area (Å²) >= 11 is 0. The summed E-state index contributed by atoms with van der Waals surface area (Å²) in [4.78, 5) is 2.22. The molecule has 1 heterocycles. The Labute approximate surface area is 84.1 Å². The zero-order valence-electron chi connectivity index (χ0n) is 8.24. The molecule has 3 heteroatoms. The van der Waals surface area contributed by atoms with Crippen LogP contribution in [-0.4, -0.2) is 18.2 Å². The number of hydrogen-bond acceptors (Lipinski definition) is 3. The maximum atomic E-state index is 9.72. The molecule has 0 bridgehead atoms. The quantitative estimate of drug-likeness (QED) is 0.669. The smallest absolute Gasteiger partial charge is 0.140 e. The lowest BCUT2D eigenvalue weighted by atomic mass is 10.1. The average Bonchev–Trinajstić information content (AvgIpc) is 2.19. The van der Waals surface area contributed by atoms with Gasteiger partial charge in [-0.05, 0) is 31.4 Å². The van der Waals surface area contributed by atoms with Gasteiger partial charge in [0.2, 0.25) is 0 Å². The van der Waals surface area contributed by atoms with Crippen LogP contribution in [0.5, 0.6) is 5.75 Å². The molecule has 0 unspecified atom stereocenters. The van der Waals surface area contributed by atoms with E-state index in [0.29, 0.717) is 11.4 Å². The summed E-state index contributed by atoms with van der Waals surface area (Å²) < 4.78 is 0. The van der Waals surface area contributed by atoms with Gasteiger partial charge in [-0.15, -0.1) is 0 Å². The van der Waals surface area contributed by atoms with E-state index in [9.17, 15) is 5.11 Å². The Morgan fingerprint density at radius 3 is 2.50 bits per heavy atom. The van der Waals surface area contributed by atoms with E-state index in [0.717, 1.165) is 18.8 Å². The molecular weight excluding hydrogens is 176 g/mol. The molecule has 1 aliphatic rings. The molecule has 0 saturated carbocycles. The highest BCUT2D eigenvalue weighted by Gasteiger charge is 2.13. The zero-order chi connectivity index (χ0) is 9.97. The Hall–Kier alpha value is -1.38. The molecule has 2 rings (SSSR count). The Kier molecular flexibility index (Phi) is 2.48. The Balaban J connectivity index is 2.22. The number of rotatable bonds is 1. The first-order valence-electron chi connectivity index (χ1n) is 5.11. The van der Waals surface area contributed by atoms with Gasteiger partial charge < -0.3 is 15.7 Å². The van der Waals surface area contributed by atoms with Crippen LogP contribution in [0.25, 0.3) is 0 Å². The van der Waals surface area contributed by atoms with Crippen LogP contribution < -0.4 is 10.6 Å². The number of hydrogen-bond donors (Lipinski definition) is 2. The van der Waals surface area contributed by atoms with Crippen molar-refractivity contribution in [2.45, 2.75) is 19.3 Å². The third kappa shape index (κ3) is 1.76. The van der Waals surface area contributed by atoms with E-state index < -0.39 is 0 Å². The van der Waals surface area contributed by atoms with Gasteiger partial charge in [-0.1, -0.05) is 0 Å². The summed E-state index contributed by atoms with van der Waals surface area (Å²) in [6.45, 7) is 2.08. The minimum absolute atomic E-state index is 0.298. The van der Waals surface area contributed by atoms with Crippen LogP contribution in [0, 0.1) is 0 Å². The number of benzene rings is 1. The average molecular weight is 192 g/mol. The van der Waals surface area contributed by atoms with Crippen molar-refractivity contribution < 1.29 is 5.11 Å². The highest BCUT2D eigenvalue weighted by atomic mass is 16.3. The number of phenolic OH excluding ortho intramolecular Hbond substituents is 1. The highest BCUT2D eigenvalue weighted by molar-refractivity contribution is 5.63. The molecule has 3 nitrogen and oxygen atoms in total. The molecule has 0 radical (unpaired) electrons. The molecule has 14 heavy (non-hydrogen) atoms. The summed E-state index contributed by atoms with van der Waals surface area (Å²) in [6, 6.07) is 5.35. The number of nitrogens with zero attached hydrogens (tertiary/aromatic N) is 1. The molecule has 1 aromatic rings. The van der Waals surface area contributed by atoms with Gasteiger partial charge >= 0.3 is 0 Å². The number of phenols is 1. The lowest BCUT2D eigenvalue weighted by molar-refractivity contribution is 0.470. The van der Waals surface area contributed by atoms with Crippen LogP contribution >= 0.6 is 0 Å². The molecule has 1 aliphatic heterocycles. The molecule has 76 valence electrons. The fourth-order valence-electron chi connectivity index (χ4n) is 1.94. The number of anilines is 2. The van der Waals surface area contributed by atoms with Crippen molar-refractivity contribution in [1.82, 2.24) is 0 Å². The van der Waals surface area contributed by atoms with Crippen molar-refractivity contribution in [3.8, 4) is 5.75 Å². The van der Waals surface area contributed by atoms with Crippen molar-refractivity contribution in [2.24, 2.45) is 0 Å². The largest absolute Gasteiger partial charge is 0.506 e. The second-order valence-corrected chi connectivity index (χ2v) is 3.80. The molecule has 0 spiro atoms. The zero-order valence-corrected chi connectivity index (χ0v) is 8.24. The normalized spacial score (nSPS) is 17.0. The molecule has 3 N–H and O–H groups in total. The topological polar surface area (TPSA) is 49.5 Å². The second-order valence-electron chi connectivity index (χ2n) is 3.80. The van der Waals surface area contributed by atoms with Crippen molar-refractivity contribution in [2.75, 3.05) is 23.7 Å². The molecule has 0 aliphatic carbocycles. The van der Waals surface area contributed by atoms with Crippen LogP contribution in [-0.2, 0) is 0 Å². The maximum Gasteiger partial charge on any atom is 0.140 e. The first kappa shape index (κ1) is 9.19. The molecule has 1 aromatic carbocycles. The minimum atomic E-state index is 0.298. The standard InChI is InChI=1S/C11H16N2O/c12-9-4-5-10(11(14)8-9)13-6-2-1-3-7-13/h4-5,8,14H,1-3,6-7,12H2. The van der Waals surface area contributed by atoms with Gasteiger partial charge in [0, 0.05) is 24.8 Å². The number of nitrogen functional groups attached to an aromatic ring is 1. The Bertz CT molecular complexity index is 319. The van der Waals surface area contributed by atoms with E-state index in [2.05, 4.69) is 4.90 Å². The van der Waals surface area contributed by atoms with Gasteiger partial charge in [0.25, 0.3) is 0 Å². The summed E-state index contributed by atoms with van der Waals surface area (Å²) in [7, 11) is 0. The predicted octanol–water partition coefficient (Wildman–Crippen LogP) is 1.96. The third-order valence-electron chi connectivity index (χ3n) is 2.70. The summed E-state index contributed by atoms with van der Waals surface area (Å²) in [6.07, 6.45) is 3.72. The van der Waals surface area contributed by atoms with Crippen LogP contribution in [0.4, 0.5) is 11.4 Å². The summed E-state index contributed by atoms with van der Waals surface area (Å²) in [5, 5.41) is 9.72. The van der Waals surface area contributed by atoms with E-state index in [1.54, 1.807) is 6.07 Å². The van der Waals surface area contributed by atoms with Crippen molar-refractivity contribution in [3.63, 3.8) is 0 Å². The number of piperidine rings is 1. The second kappa shape index (κ2) is 3.78. The first-order valence-corrected chi connectivity index (χ1v) is 5.11. The minimum Gasteiger partial charge on any atom is -0.506 e. The van der Waals surface area contributed by atoms with Crippen LogP contribution in [0.3, 0.4) is 0 Å². The van der Waals surface area contributed by atoms with Crippen LogP contribution in [0.1, 0.15) is 19.3 Å². The highest BCUT2D eigenvalue weighted by Crippen LogP contribution is 2.30. The molecule has 0 amide bonds. The Morgan fingerprint density at radius 1 is 1.14 bits per heavy atom. The lowest BCUT2D eigenvalue weighted by Crippen LogP contribution is -2.29. The third-order valence-corrected chi connectivity index (χ3v) is 2.70. The molecule has 0 aromatic heterocycles. The van der Waals surface area contributed by atoms with Crippen molar-refractivity contribution >= 4 is 11.4 Å². The fourth-order valence-corrected chi connectivity index (χ4v) is 1.94. The van der Waals surface area contributed by atoms with Gasteiger partial charge in [-0.25, -0.2) is 0 Å². The monoisotopic (exact) mass is 192 g/mol. The van der Waals surface area contributed by atoms with Crippen molar-refractivity contribution in [1.29, 1.82) is 0 Å². The van der Waals surface area contributed by atoms with E-state index in [1.807, 2.05) is 12.1 Å². The molecule has 0 atom stereocenters. The lowest BCUT2D eigenvalue weighted by Gasteiger charge is -2.29. The Morgan fingerprint density at radius 2 is 1.86 bits per heavy atom. The van der Waals surface area contributed by atoms with Gasteiger partial charge in [-0.2, -0.15) is 0 Å². The molecule has 1 fully saturated rings. The fraction of sp³-hybridized carbons (Fsp3) is 0.455. The molecular formula is C11H16N2O. The van der Waals surface area contributed by atoms with E-state index in [-0.39, 0.29) is 0 Å². The first-order chi connectivity index (χ1) is 6.77. The number of aromatic hydroxyl groups is 1. The SMILES string of the molecule is Nc1ccc(N2CCCCC2)c(O)c1. The van der Waals surface area contributed by atoms with E-state index in [1.165, 1.54) is 19.3 Å². The van der Waals surface area contributed by atoms with Gasteiger partial charge in [-0.3, -0.25) is 0 Å². The van der Waals surface area contributed by atoms with Gasteiger partial charge in [0.1, 0.15) is 5.75 Å². The predicted molar refractivity (Wildman–Crippen MR) is 58.6 cm³/mol. The van der Waals surface area contributed by atoms with Crippen LogP contribution in [0.15, 0.2) is 18.2 Å². The summed E-state index contributed by atoms with van der Waals surface area (Å²) in [5.41, 5.74) is 7.11. The van der Waals surface area contributed by atoms with E-state index in [4.69, 9.17) is 5.73 Å². The van der Waals surface area contributed by atoms with Crippen LogP contribution in [0.2, 0.25) is 0 Å². The maximum absolute atomic E-state index is 9.72. The van der Waals surface area contributed by atoms with Gasteiger partial charge in [0.05, 0.1) is 5.69 Å². The van der Waals surface area contributed by atoms with Crippen molar-refractivity contribution in [3.05, 3.63) is 18.2 Å². The molecule has 1 saturated heterocycles. The van der Waals surface area contributed by atoms with Gasteiger partial charge in [0.15, 0.2) is 0 Å². The number of nitrogens with two attached hydrogens (primary N) is 1. The van der Waals surface area contributed by atoms with E-state index >= 15 is 0 Å².